The summed E-state index contributed by atoms with van der Waals surface area (Å²) < 4.78 is 5.71. The highest BCUT2D eigenvalue weighted by molar-refractivity contribution is 9.10. The third-order valence-electron chi connectivity index (χ3n) is 5.64. The van der Waals surface area contributed by atoms with Crippen LogP contribution in [0.2, 0.25) is 0 Å². The number of carbonyl (C=O) groups is 3. The number of esters is 1. The molecular weight excluding hydrogens is 424 g/mol. The summed E-state index contributed by atoms with van der Waals surface area (Å²) in [5, 5.41) is 9.97. The van der Waals surface area contributed by atoms with Crippen LogP contribution in [-0.4, -0.2) is 29.8 Å². The normalized spacial score (nSPS) is 27.9. The Labute approximate surface area is 169 Å². The number of imide groups is 1. The Morgan fingerprint density at radius 2 is 1.79 bits per heavy atom. The molecule has 1 heterocycles. The van der Waals surface area contributed by atoms with Gasteiger partial charge in [0.1, 0.15) is 0 Å². The maximum Gasteiger partial charge on any atom is 0.324 e. The zero-order valence-electron chi connectivity index (χ0n) is 14.9. The predicted octanol–water partition coefficient (Wildman–Crippen LogP) is 2.78. The van der Waals surface area contributed by atoms with Gasteiger partial charge in [0.15, 0.2) is 10.8 Å². The Morgan fingerprint density at radius 3 is 2.36 bits per heavy atom. The number of carbonyl (C=O) groups excluding carboxylic acids is 3. The molecule has 0 radical (unpaired) electrons. The molecule has 0 N–H and O–H groups in total. The first-order chi connectivity index (χ1) is 13.4. The molecule has 2 aromatic carbocycles. The second-order valence-corrected chi connectivity index (χ2v) is 7.80. The minimum absolute atomic E-state index is 0.00768. The van der Waals surface area contributed by atoms with Gasteiger partial charge in [-0.15, -0.1) is 0 Å². The lowest BCUT2D eigenvalue weighted by atomic mass is 9.96. The van der Waals surface area contributed by atoms with E-state index in [-0.39, 0.29) is 6.54 Å². The fraction of sp³-hybridized carbons (Fsp3) is 0.238. The van der Waals surface area contributed by atoms with Crippen LogP contribution in [0.25, 0.3) is 0 Å². The first kappa shape index (κ1) is 18.4. The van der Waals surface area contributed by atoms with E-state index in [1.807, 2.05) is 12.1 Å². The summed E-state index contributed by atoms with van der Waals surface area (Å²) >= 11 is 3.33. The van der Waals surface area contributed by atoms with Crippen LogP contribution in [-0.2, 0) is 25.7 Å². The van der Waals surface area contributed by atoms with E-state index in [0.717, 1.165) is 22.0 Å². The third kappa shape index (κ3) is 2.09. The van der Waals surface area contributed by atoms with Gasteiger partial charge in [0.05, 0.1) is 19.7 Å². The summed E-state index contributed by atoms with van der Waals surface area (Å²) in [7, 11) is 1.16. The van der Waals surface area contributed by atoms with E-state index in [1.165, 1.54) is 0 Å². The number of fused-ring (bicyclic) bond motifs is 1. The van der Waals surface area contributed by atoms with Gasteiger partial charge in [-0.25, -0.2) is 0 Å². The molecule has 3 atom stereocenters. The zero-order valence-corrected chi connectivity index (χ0v) is 16.5. The average molecular weight is 439 g/mol. The molecule has 1 saturated carbocycles. The molecule has 0 aromatic heterocycles. The van der Waals surface area contributed by atoms with E-state index in [4.69, 9.17) is 4.74 Å². The van der Waals surface area contributed by atoms with Crippen molar-refractivity contribution in [3.8, 4) is 6.07 Å². The number of hydrogen-bond donors (Lipinski definition) is 0. The van der Waals surface area contributed by atoms with Gasteiger partial charge >= 0.3 is 5.97 Å². The molecule has 1 aliphatic carbocycles. The number of methoxy groups -OCH3 is 1. The molecule has 28 heavy (non-hydrogen) atoms. The summed E-state index contributed by atoms with van der Waals surface area (Å²) in [6.45, 7) is 0.00768. The molecule has 2 aliphatic rings. The summed E-state index contributed by atoms with van der Waals surface area (Å²) in [4.78, 5) is 40.4. The Balaban J connectivity index is 1.81. The van der Waals surface area contributed by atoms with E-state index >= 15 is 0 Å². The van der Waals surface area contributed by atoms with Gasteiger partial charge in [-0.05, 0) is 23.3 Å². The minimum atomic E-state index is -1.84. The molecule has 6 nitrogen and oxygen atoms in total. The quantitative estimate of drug-likeness (QED) is 0.416. The van der Waals surface area contributed by atoms with Crippen LogP contribution in [0.1, 0.15) is 17.0 Å². The van der Waals surface area contributed by atoms with Gasteiger partial charge in [0, 0.05) is 10.4 Å². The fourth-order valence-corrected chi connectivity index (χ4v) is 4.63. The number of likely N-dealkylation sites (tertiary alicyclic amines) is 1. The van der Waals surface area contributed by atoms with Crippen molar-refractivity contribution in [3.05, 3.63) is 70.2 Å². The van der Waals surface area contributed by atoms with E-state index in [2.05, 4.69) is 15.9 Å². The SMILES string of the molecule is COC(=O)C12C(=O)N(Cc3ccccc3)C(=O)C1(C#N)C2c1ccc(Br)cc1. The topological polar surface area (TPSA) is 87.5 Å². The van der Waals surface area contributed by atoms with Gasteiger partial charge in [-0.3, -0.25) is 19.3 Å². The molecule has 1 saturated heterocycles. The van der Waals surface area contributed by atoms with Crippen LogP contribution in [0.5, 0.6) is 0 Å². The predicted molar refractivity (Wildman–Crippen MR) is 101 cm³/mol. The lowest BCUT2D eigenvalue weighted by Gasteiger charge is -2.21. The molecule has 3 unspecified atom stereocenters. The third-order valence-corrected chi connectivity index (χ3v) is 6.17. The summed E-state index contributed by atoms with van der Waals surface area (Å²) in [6.07, 6.45) is 0. The van der Waals surface area contributed by atoms with Crippen LogP contribution in [0.3, 0.4) is 0 Å². The van der Waals surface area contributed by atoms with Gasteiger partial charge in [-0.2, -0.15) is 5.26 Å². The maximum absolute atomic E-state index is 13.3. The molecule has 1 aliphatic heterocycles. The first-order valence-electron chi connectivity index (χ1n) is 8.60. The maximum atomic E-state index is 13.3. The highest BCUT2D eigenvalue weighted by atomic mass is 79.9. The summed E-state index contributed by atoms with van der Waals surface area (Å²) in [5.74, 6) is -3.04. The molecule has 140 valence electrons. The lowest BCUT2D eigenvalue weighted by Crippen LogP contribution is -2.39. The highest BCUT2D eigenvalue weighted by Crippen LogP contribution is 2.79. The first-order valence-corrected chi connectivity index (χ1v) is 9.40. The van der Waals surface area contributed by atoms with E-state index in [0.29, 0.717) is 5.56 Å². The van der Waals surface area contributed by atoms with E-state index < -0.39 is 34.5 Å². The van der Waals surface area contributed by atoms with Gasteiger partial charge in [0.2, 0.25) is 5.91 Å². The van der Waals surface area contributed by atoms with Crippen LogP contribution >= 0.6 is 15.9 Å². The Hall–Kier alpha value is -2.98. The van der Waals surface area contributed by atoms with Crippen molar-refractivity contribution < 1.29 is 19.1 Å². The highest BCUT2D eigenvalue weighted by Gasteiger charge is 2.95. The van der Waals surface area contributed by atoms with Crippen LogP contribution in [0, 0.1) is 22.2 Å². The molecule has 0 spiro atoms. The average Bonchev–Trinajstić information content (AvgIpc) is 3.31. The van der Waals surface area contributed by atoms with Crippen molar-refractivity contribution in [3.63, 3.8) is 0 Å². The van der Waals surface area contributed by atoms with Crippen molar-refractivity contribution in [1.82, 2.24) is 4.90 Å². The van der Waals surface area contributed by atoms with Crippen molar-refractivity contribution in [2.45, 2.75) is 12.5 Å². The number of nitriles is 1. The van der Waals surface area contributed by atoms with Crippen molar-refractivity contribution in [2.75, 3.05) is 7.11 Å². The fourth-order valence-electron chi connectivity index (χ4n) is 4.37. The minimum Gasteiger partial charge on any atom is -0.468 e. The number of hydrogen-bond acceptors (Lipinski definition) is 5. The molecule has 0 bridgehead atoms. The monoisotopic (exact) mass is 438 g/mol. The van der Waals surface area contributed by atoms with Crippen LogP contribution < -0.4 is 0 Å². The zero-order chi connectivity index (χ0) is 20.1. The van der Waals surface area contributed by atoms with Crippen molar-refractivity contribution in [2.24, 2.45) is 10.8 Å². The Morgan fingerprint density at radius 1 is 1.14 bits per heavy atom. The lowest BCUT2D eigenvalue weighted by molar-refractivity contribution is -0.155. The number of amides is 2. The second kappa shape index (κ2) is 6.28. The largest absolute Gasteiger partial charge is 0.468 e. The van der Waals surface area contributed by atoms with E-state index in [9.17, 15) is 19.6 Å². The standard InChI is InChI=1S/C21H15BrN2O4/c1-28-19(27)21-16(14-7-9-15(22)10-8-14)20(21,12-23)17(25)24(18(21)26)11-13-5-3-2-4-6-13/h2-10,16H,11H2,1H3. The van der Waals surface area contributed by atoms with Gasteiger partial charge in [-0.1, -0.05) is 58.4 Å². The number of piperidine rings is 1. The van der Waals surface area contributed by atoms with Crippen molar-refractivity contribution in [1.29, 1.82) is 5.26 Å². The van der Waals surface area contributed by atoms with E-state index in [1.54, 1.807) is 48.5 Å². The number of ether oxygens (including phenoxy) is 1. The van der Waals surface area contributed by atoms with Crippen LogP contribution in [0.15, 0.2) is 59.1 Å². The number of benzene rings is 2. The van der Waals surface area contributed by atoms with Gasteiger partial charge in [0.25, 0.3) is 5.91 Å². The molecule has 4 rings (SSSR count). The number of rotatable bonds is 4. The smallest absolute Gasteiger partial charge is 0.324 e. The molecule has 2 fully saturated rings. The summed E-state index contributed by atoms with van der Waals surface area (Å²) in [5.41, 5.74) is -2.30. The molecule has 7 heteroatoms. The Bertz CT molecular complexity index is 1030. The second-order valence-electron chi connectivity index (χ2n) is 6.89. The summed E-state index contributed by atoms with van der Waals surface area (Å²) in [6, 6.07) is 17.9. The number of halogens is 1. The molecule has 2 amide bonds. The van der Waals surface area contributed by atoms with Crippen molar-refractivity contribution >= 4 is 33.7 Å². The molecule has 2 aromatic rings. The molecular formula is C21H15BrN2O4. The van der Waals surface area contributed by atoms with Crippen LogP contribution in [0.4, 0.5) is 0 Å². The number of nitrogens with zero attached hydrogens (tertiary/aromatic N) is 2. The van der Waals surface area contributed by atoms with Gasteiger partial charge < -0.3 is 4.74 Å². The Kier molecular flexibility index (Phi) is 4.12.